The Balaban J connectivity index is 2.80. The van der Waals surface area contributed by atoms with Gasteiger partial charge in [-0.3, -0.25) is 4.79 Å². The van der Waals surface area contributed by atoms with Crippen LogP contribution >= 0.6 is 15.9 Å². The van der Waals surface area contributed by atoms with Crippen LogP contribution in [0.15, 0.2) is 28.7 Å². The number of amides is 1. The van der Waals surface area contributed by atoms with Gasteiger partial charge in [-0.1, -0.05) is 22.9 Å². The number of hydrogen-bond donors (Lipinski definition) is 3. The molecule has 0 aliphatic carbocycles. The molecule has 0 radical (unpaired) electrons. The van der Waals surface area contributed by atoms with Gasteiger partial charge in [0.05, 0.1) is 18.8 Å². The minimum atomic E-state index is -1.06. The molecular weight excluding hydrogens is 329 g/mol. The molecule has 1 rings (SSSR count). The second-order valence-corrected chi connectivity index (χ2v) is 5.35. The summed E-state index contributed by atoms with van der Waals surface area (Å²) in [6.45, 7) is 1.00. The predicted molar refractivity (Wildman–Crippen MR) is 78.5 cm³/mol. The van der Waals surface area contributed by atoms with Gasteiger partial charge in [-0.2, -0.15) is 0 Å². The van der Waals surface area contributed by atoms with Crippen LogP contribution in [-0.2, 0) is 4.79 Å². The molecule has 110 valence electrons. The molecule has 3 N–H and O–H groups in total. The largest absolute Gasteiger partial charge is 0.394 e. The number of rotatable bonds is 6. The van der Waals surface area contributed by atoms with E-state index in [0.29, 0.717) is 10.9 Å². The van der Waals surface area contributed by atoms with Crippen molar-refractivity contribution >= 4 is 27.9 Å². The summed E-state index contributed by atoms with van der Waals surface area (Å²) in [6.07, 6.45) is 2.88. The van der Waals surface area contributed by atoms with Gasteiger partial charge in [-0.25, -0.2) is 4.39 Å². The first-order valence-corrected chi connectivity index (χ1v) is 6.92. The lowest BCUT2D eigenvalue weighted by Gasteiger charge is -2.29. The standard InChI is InChI=1S/C14H17BrFNO3/c1-2-14(8-18,9-19)17-13(20)6-3-10-7-11(15)4-5-12(10)16/h3-7,18-19H,2,8-9H2,1H3,(H,17,20)/b6-3+. The zero-order chi connectivity index (χ0) is 15.2. The van der Waals surface area contributed by atoms with Crippen molar-refractivity contribution in [3.8, 4) is 0 Å². The molecule has 20 heavy (non-hydrogen) atoms. The molecule has 1 aromatic rings. The second kappa shape index (κ2) is 7.52. The van der Waals surface area contributed by atoms with Gasteiger partial charge in [0.15, 0.2) is 0 Å². The number of benzene rings is 1. The van der Waals surface area contributed by atoms with Gasteiger partial charge < -0.3 is 15.5 Å². The van der Waals surface area contributed by atoms with E-state index in [9.17, 15) is 19.4 Å². The highest BCUT2D eigenvalue weighted by Gasteiger charge is 2.27. The normalized spacial score (nSPS) is 11.8. The fourth-order valence-corrected chi connectivity index (χ4v) is 1.93. The van der Waals surface area contributed by atoms with Gasteiger partial charge in [-0.05, 0) is 30.7 Å². The Bertz CT molecular complexity index is 493. The monoisotopic (exact) mass is 345 g/mol. The van der Waals surface area contributed by atoms with Gasteiger partial charge >= 0.3 is 0 Å². The van der Waals surface area contributed by atoms with Crippen LogP contribution < -0.4 is 5.32 Å². The minimum absolute atomic E-state index is 0.268. The maximum Gasteiger partial charge on any atom is 0.244 e. The van der Waals surface area contributed by atoms with Crippen molar-refractivity contribution in [1.82, 2.24) is 5.32 Å². The average molecular weight is 346 g/mol. The number of carbonyl (C=O) groups is 1. The summed E-state index contributed by atoms with van der Waals surface area (Å²) in [5, 5.41) is 21.0. The molecule has 0 aliphatic rings. The van der Waals surface area contributed by atoms with Crippen LogP contribution in [0.25, 0.3) is 6.08 Å². The highest BCUT2D eigenvalue weighted by atomic mass is 79.9. The van der Waals surface area contributed by atoms with E-state index in [4.69, 9.17) is 0 Å². The van der Waals surface area contributed by atoms with Gasteiger partial charge in [0.1, 0.15) is 5.82 Å². The molecule has 0 atom stereocenters. The van der Waals surface area contributed by atoms with E-state index in [1.165, 1.54) is 18.2 Å². The SMILES string of the molecule is CCC(CO)(CO)NC(=O)/C=C/c1cc(Br)ccc1F. The van der Waals surface area contributed by atoms with Crippen LogP contribution in [0, 0.1) is 5.82 Å². The summed E-state index contributed by atoms with van der Waals surface area (Å²) in [4.78, 5) is 11.8. The molecule has 0 aromatic heterocycles. The summed E-state index contributed by atoms with van der Waals surface area (Å²) in [5.41, 5.74) is -0.790. The van der Waals surface area contributed by atoms with Crippen molar-refractivity contribution in [3.63, 3.8) is 0 Å². The molecule has 0 fully saturated rings. The smallest absolute Gasteiger partial charge is 0.244 e. The third-order valence-corrected chi connectivity index (χ3v) is 3.54. The van der Waals surface area contributed by atoms with Crippen molar-refractivity contribution in [2.45, 2.75) is 18.9 Å². The topological polar surface area (TPSA) is 69.6 Å². The van der Waals surface area contributed by atoms with Gasteiger partial charge in [0.2, 0.25) is 5.91 Å². The quantitative estimate of drug-likeness (QED) is 0.689. The lowest BCUT2D eigenvalue weighted by molar-refractivity contribution is -0.119. The van der Waals surface area contributed by atoms with E-state index < -0.39 is 17.3 Å². The third kappa shape index (κ3) is 4.40. The summed E-state index contributed by atoms with van der Waals surface area (Å²) >= 11 is 3.22. The van der Waals surface area contributed by atoms with Crippen LogP contribution in [0.2, 0.25) is 0 Å². The Morgan fingerprint density at radius 2 is 2.10 bits per heavy atom. The molecule has 0 bridgehead atoms. The number of hydrogen-bond acceptors (Lipinski definition) is 3. The Morgan fingerprint density at radius 3 is 2.65 bits per heavy atom. The predicted octanol–water partition coefficient (Wildman–Crippen LogP) is 1.85. The molecule has 0 spiro atoms. The minimum Gasteiger partial charge on any atom is -0.394 e. The van der Waals surface area contributed by atoms with Gasteiger partial charge in [-0.15, -0.1) is 0 Å². The third-order valence-electron chi connectivity index (χ3n) is 3.04. The summed E-state index contributed by atoms with van der Waals surface area (Å²) in [7, 11) is 0. The van der Waals surface area contributed by atoms with Gasteiger partial charge in [0, 0.05) is 16.1 Å². The Hall–Kier alpha value is -1.24. The number of aliphatic hydroxyl groups excluding tert-OH is 2. The highest BCUT2D eigenvalue weighted by molar-refractivity contribution is 9.10. The maximum atomic E-state index is 13.5. The lowest BCUT2D eigenvalue weighted by Crippen LogP contribution is -2.53. The number of nitrogens with one attached hydrogen (secondary N) is 1. The van der Waals surface area contributed by atoms with Crippen molar-refractivity contribution < 1.29 is 19.4 Å². The second-order valence-electron chi connectivity index (χ2n) is 4.44. The zero-order valence-electron chi connectivity index (χ0n) is 11.1. The molecule has 1 amide bonds. The van der Waals surface area contributed by atoms with Crippen molar-refractivity contribution in [3.05, 3.63) is 40.1 Å². The maximum absolute atomic E-state index is 13.5. The van der Waals surface area contributed by atoms with Crippen LogP contribution in [0.4, 0.5) is 4.39 Å². The Labute approximate surface area is 125 Å². The fraction of sp³-hybridized carbons (Fsp3) is 0.357. The zero-order valence-corrected chi connectivity index (χ0v) is 12.7. The van der Waals surface area contributed by atoms with Crippen LogP contribution in [-0.4, -0.2) is 34.9 Å². The van der Waals surface area contributed by atoms with E-state index in [1.807, 2.05) is 0 Å². The molecule has 4 nitrogen and oxygen atoms in total. The Morgan fingerprint density at radius 1 is 1.45 bits per heavy atom. The van der Waals surface area contributed by atoms with Crippen molar-refractivity contribution in [1.29, 1.82) is 0 Å². The van der Waals surface area contributed by atoms with Crippen LogP contribution in [0.3, 0.4) is 0 Å². The molecule has 0 aliphatic heterocycles. The summed E-state index contributed by atoms with van der Waals surface area (Å²) < 4.78 is 14.2. The molecule has 6 heteroatoms. The number of halogens is 2. The van der Waals surface area contributed by atoms with Crippen LogP contribution in [0.1, 0.15) is 18.9 Å². The van der Waals surface area contributed by atoms with E-state index in [-0.39, 0.29) is 18.8 Å². The number of aliphatic hydroxyl groups is 2. The van der Waals surface area contributed by atoms with Crippen molar-refractivity contribution in [2.75, 3.05) is 13.2 Å². The van der Waals surface area contributed by atoms with Crippen LogP contribution in [0.5, 0.6) is 0 Å². The summed E-state index contributed by atoms with van der Waals surface area (Å²) in [6, 6.07) is 4.40. The first kappa shape index (κ1) is 16.8. The van der Waals surface area contributed by atoms with Gasteiger partial charge in [0.25, 0.3) is 0 Å². The highest BCUT2D eigenvalue weighted by Crippen LogP contribution is 2.17. The fourth-order valence-electron chi connectivity index (χ4n) is 1.55. The summed E-state index contributed by atoms with van der Waals surface area (Å²) in [5.74, 6) is -0.947. The average Bonchev–Trinajstić information content (AvgIpc) is 2.46. The van der Waals surface area contributed by atoms with E-state index >= 15 is 0 Å². The Kier molecular flexibility index (Phi) is 6.32. The molecule has 0 heterocycles. The van der Waals surface area contributed by atoms with E-state index in [0.717, 1.165) is 0 Å². The number of carbonyl (C=O) groups excluding carboxylic acids is 1. The first-order valence-electron chi connectivity index (χ1n) is 6.13. The first-order chi connectivity index (χ1) is 9.46. The molecule has 0 unspecified atom stereocenters. The molecule has 1 aromatic carbocycles. The van der Waals surface area contributed by atoms with E-state index in [1.54, 1.807) is 19.1 Å². The van der Waals surface area contributed by atoms with E-state index in [2.05, 4.69) is 21.2 Å². The lowest BCUT2D eigenvalue weighted by atomic mass is 9.98. The molecule has 0 saturated carbocycles. The van der Waals surface area contributed by atoms with Crippen molar-refractivity contribution in [2.24, 2.45) is 0 Å². The molecule has 0 saturated heterocycles. The molecular formula is C14H17BrFNO3.